The molecule has 0 saturated heterocycles. The lowest BCUT2D eigenvalue weighted by Crippen LogP contribution is -2.24. The Hall–Kier alpha value is -2.34. The van der Waals surface area contributed by atoms with Gasteiger partial charge in [0.2, 0.25) is 11.7 Å². The van der Waals surface area contributed by atoms with E-state index in [4.69, 9.17) is 14.0 Å². The molecule has 124 valence electrons. The highest BCUT2D eigenvalue weighted by Gasteiger charge is 2.16. The maximum absolute atomic E-state index is 5.38. The number of aromatic nitrogens is 2. The summed E-state index contributed by atoms with van der Waals surface area (Å²) < 4.78 is 16.0. The number of hydrogen-bond donors (Lipinski definition) is 0. The fraction of sp³-hybridized carbons (Fsp3) is 0.412. The van der Waals surface area contributed by atoms with E-state index >= 15 is 0 Å². The van der Waals surface area contributed by atoms with Crippen molar-refractivity contribution < 1.29 is 14.0 Å². The normalized spacial score (nSPS) is 10.8. The van der Waals surface area contributed by atoms with Crippen LogP contribution in [0.3, 0.4) is 0 Å². The van der Waals surface area contributed by atoms with Gasteiger partial charge in [-0.15, -0.1) is 0 Å². The highest BCUT2D eigenvalue weighted by atomic mass is 16.5. The molecule has 2 aromatic rings. The van der Waals surface area contributed by atoms with Crippen LogP contribution in [-0.4, -0.2) is 42.3 Å². The Kier molecular flexibility index (Phi) is 5.76. The smallest absolute Gasteiger partial charge is 0.241 e. The summed E-state index contributed by atoms with van der Waals surface area (Å²) in [6, 6.07) is 5.50. The third-order valence-corrected chi connectivity index (χ3v) is 3.42. The molecule has 1 aromatic carbocycles. The first-order valence-corrected chi connectivity index (χ1v) is 7.49. The molecule has 0 aliphatic rings. The fourth-order valence-electron chi connectivity index (χ4n) is 2.26. The molecule has 6 nitrogen and oxygen atoms in total. The van der Waals surface area contributed by atoms with Gasteiger partial charge < -0.3 is 14.0 Å². The predicted molar refractivity (Wildman–Crippen MR) is 88.6 cm³/mol. The van der Waals surface area contributed by atoms with Crippen molar-refractivity contribution in [2.24, 2.45) is 0 Å². The van der Waals surface area contributed by atoms with Gasteiger partial charge in [0.1, 0.15) is 11.5 Å². The van der Waals surface area contributed by atoms with Crippen LogP contribution < -0.4 is 9.47 Å². The third kappa shape index (κ3) is 4.32. The van der Waals surface area contributed by atoms with Crippen molar-refractivity contribution in [2.75, 3.05) is 27.3 Å². The summed E-state index contributed by atoms with van der Waals surface area (Å²) >= 11 is 0. The number of ether oxygens (including phenoxy) is 2. The molecule has 0 N–H and O–H groups in total. The second kappa shape index (κ2) is 7.78. The monoisotopic (exact) mass is 317 g/mol. The highest BCUT2D eigenvalue weighted by Crippen LogP contribution is 2.31. The number of benzene rings is 1. The zero-order valence-corrected chi connectivity index (χ0v) is 14.1. The summed E-state index contributed by atoms with van der Waals surface area (Å²) in [5, 5.41) is 4.06. The molecule has 0 fully saturated rings. The molecule has 6 heteroatoms. The van der Waals surface area contributed by atoms with Crippen LogP contribution in [0.5, 0.6) is 11.5 Å². The Morgan fingerprint density at radius 2 is 2.09 bits per heavy atom. The van der Waals surface area contributed by atoms with E-state index in [2.05, 4.69) is 28.5 Å². The number of rotatable bonds is 8. The molecule has 0 aliphatic heterocycles. The lowest BCUT2D eigenvalue weighted by molar-refractivity contribution is 0.252. The van der Waals surface area contributed by atoms with Gasteiger partial charge in [0.15, 0.2) is 0 Å². The van der Waals surface area contributed by atoms with Crippen LogP contribution in [0.1, 0.15) is 19.7 Å². The summed E-state index contributed by atoms with van der Waals surface area (Å²) in [7, 11) is 3.22. The number of hydrogen-bond acceptors (Lipinski definition) is 6. The van der Waals surface area contributed by atoms with E-state index in [9.17, 15) is 0 Å². The zero-order chi connectivity index (χ0) is 16.8. The van der Waals surface area contributed by atoms with Gasteiger partial charge in [-0.1, -0.05) is 24.2 Å². The van der Waals surface area contributed by atoms with Crippen LogP contribution in [0.4, 0.5) is 0 Å². The van der Waals surface area contributed by atoms with Crippen molar-refractivity contribution in [1.82, 2.24) is 15.0 Å². The maximum atomic E-state index is 5.38. The Bertz CT molecular complexity index is 667. The lowest BCUT2D eigenvalue weighted by Gasteiger charge is -2.17. The predicted octanol–water partition coefficient (Wildman–Crippen LogP) is 3.15. The van der Waals surface area contributed by atoms with Gasteiger partial charge in [0.05, 0.1) is 26.3 Å². The van der Waals surface area contributed by atoms with Crippen LogP contribution in [0.25, 0.3) is 11.4 Å². The van der Waals surface area contributed by atoms with Gasteiger partial charge in [-0.3, -0.25) is 4.90 Å². The molecule has 0 amide bonds. The second-order valence-electron chi connectivity index (χ2n) is 5.34. The summed E-state index contributed by atoms with van der Waals surface area (Å²) in [5.74, 6) is 2.44. The molecule has 2 rings (SSSR count). The molecule has 0 unspecified atom stereocenters. The molecule has 0 saturated carbocycles. The molecular weight excluding hydrogens is 294 g/mol. The van der Waals surface area contributed by atoms with E-state index in [1.807, 2.05) is 19.1 Å². The quantitative estimate of drug-likeness (QED) is 0.697. The van der Waals surface area contributed by atoms with Crippen molar-refractivity contribution in [3.63, 3.8) is 0 Å². The van der Waals surface area contributed by atoms with Gasteiger partial charge in [-0.25, -0.2) is 0 Å². The molecule has 1 aromatic heterocycles. The minimum atomic E-state index is 0.505. The van der Waals surface area contributed by atoms with Crippen LogP contribution >= 0.6 is 0 Å². The first-order valence-electron chi connectivity index (χ1n) is 7.49. The topological polar surface area (TPSA) is 60.6 Å². The van der Waals surface area contributed by atoms with Gasteiger partial charge in [-0.05, 0) is 25.6 Å². The average Bonchev–Trinajstić information content (AvgIpc) is 3.01. The van der Waals surface area contributed by atoms with Crippen LogP contribution in [-0.2, 0) is 6.54 Å². The summed E-state index contributed by atoms with van der Waals surface area (Å²) in [6.07, 6.45) is 0. The summed E-state index contributed by atoms with van der Waals surface area (Å²) in [6.45, 7) is 10.3. The summed E-state index contributed by atoms with van der Waals surface area (Å²) in [5.41, 5.74) is 1.87. The Labute approximate surface area is 136 Å². The van der Waals surface area contributed by atoms with E-state index in [1.54, 1.807) is 20.3 Å². The van der Waals surface area contributed by atoms with Gasteiger partial charge >= 0.3 is 0 Å². The Morgan fingerprint density at radius 1 is 1.30 bits per heavy atom. The average molecular weight is 317 g/mol. The first-order chi connectivity index (χ1) is 11.1. The number of nitrogens with zero attached hydrogens (tertiary/aromatic N) is 3. The van der Waals surface area contributed by atoms with E-state index in [0.29, 0.717) is 29.8 Å². The highest BCUT2D eigenvalue weighted by molar-refractivity contribution is 5.65. The van der Waals surface area contributed by atoms with Gasteiger partial charge in [0, 0.05) is 12.6 Å². The van der Waals surface area contributed by atoms with Crippen LogP contribution in [0, 0.1) is 0 Å². The number of methoxy groups -OCH3 is 2. The van der Waals surface area contributed by atoms with Gasteiger partial charge in [-0.2, -0.15) is 4.98 Å². The van der Waals surface area contributed by atoms with E-state index in [-0.39, 0.29) is 0 Å². The molecule has 1 heterocycles. The van der Waals surface area contributed by atoms with Crippen molar-refractivity contribution in [2.45, 2.75) is 20.4 Å². The van der Waals surface area contributed by atoms with Crippen molar-refractivity contribution in [1.29, 1.82) is 0 Å². The SMILES string of the molecule is C=C(C)CN(CC)Cc1nc(-c2ccc(OC)cc2OC)no1. The van der Waals surface area contributed by atoms with E-state index in [0.717, 1.165) is 24.2 Å². The molecular formula is C17H23N3O3. The van der Waals surface area contributed by atoms with Crippen molar-refractivity contribution >= 4 is 0 Å². The fourth-order valence-corrected chi connectivity index (χ4v) is 2.26. The van der Waals surface area contributed by atoms with Crippen molar-refractivity contribution in [3.8, 4) is 22.9 Å². The second-order valence-corrected chi connectivity index (χ2v) is 5.34. The van der Waals surface area contributed by atoms with Crippen LogP contribution in [0.2, 0.25) is 0 Å². The first kappa shape index (κ1) is 17.0. The van der Waals surface area contributed by atoms with E-state index < -0.39 is 0 Å². The van der Waals surface area contributed by atoms with Crippen molar-refractivity contribution in [3.05, 3.63) is 36.2 Å². The molecule has 23 heavy (non-hydrogen) atoms. The maximum Gasteiger partial charge on any atom is 0.241 e. The number of likely N-dealkylation sites (N-methyl/N-ethyl adjacent to an activating group) is 1. The Morgan fingerprint density at radius 3 is 2.70 bits per heavy atom. The minimum absolute atomic E-state index is 0.505. The van der Waals surface area contributed by atoms with E-state index in [1.165, 1.54) is 0 Å². The Balaban J connectivity index is 2.20. The molecule has 0 aliphatic carbocycles. The van der Waals surface area contributed by atoms with Gasteiger partial charge in [0.25, 0.3) is 0 Å². The van der Waals surface area contributed by atoms with Crippen LogP contribution in [0.15, 0.2) is 34.9 Å². The molecule has 0 atom stereocenters. The minimum Gasteiger partial charge on any atom is -0.497 e. The standard InChI is InChI=1S/C17H23N3O3/c1-6-20(10-12(2)3)11-16-18-17(19-23-16)14-8-7-13(21-4)9-15(14)22-5/h7-9H,2,6,10-11H2,1,3-5H3. The molecule has 0 bridgehead atoms. The molecule has 0 spiro atoms. The lowest BCUT2D eigenvalue weighted by atomic mass is 10.2. The molecule has 0 radical (unpaired) electrons. The zero-order valence-electron chi connectivity index (χ0n) is 14.1. The summed E-state index contributed by atoms with van der Waals surface area (Å²) in [4.78, 5) is 6.66. The largest absolute Gasteiger partial charge is 0.497 e. The third-order valence-electron chi connectivity index (χ3n) is 3.42.